The van der Waals surface area contributed by atoms with Crippen molar-refractivity contribution in [3.63, 3.8) is 0 Å². The van der Waals surface area contributed by atoms with Gasteiger partial charge in [-0.05, 0) is 81.3 Å². The largest absolute Gasteiger partial charge is 0.456 e. The van der Waals surface area contributed by atoms with Gasteiger partial charge in [0.05, 0.1) is 22.7 Å². The van der Waals surface area contributed by atoms with Gasteiger partial charge in [-0.3, -0.25) is 0 Å². The maximum Gasteiger partial charge on any atom is 0.159 e. The molecule has 0 atom stereocenters. The van der Waals surface area contributed by atoms with E-state index in [4.69, 9.17) is 13.3 Å². The lowest BCUT2D eigenvalue weighted by Gasteiger charge is -2.27. The molecule has 0 aliphatic heterocycles. The van der Waals surface area contributed by atoms with Crippen molar-refractivity contribution < 1.29 is 13.3 Å². The summed E-state index contributed by atoms with van der Waals surface area (Å²) in [5, 5.41) is 10.8. The second-order valence-corrected chi connectivity index (χ2v) is 21.5. The monoisotopic (exact) mass is 1020 g/mol. The summed E-state index contributed by atoms with van der Waals surface area (Å²) >= 11 is 0. The van der Waals surface area contributed by atoms with Crippen LogP contribution in [0.4, 0.5) is 34.1 Å². The van der Waals surface area contributed by atoms with E-state index in [1.165, 1.54) is 11.1 Å². The molecule has 0 bridgehead atoms. The van der Waals surface area contributed by atoms with Crippen LogP contribution >= 0.6 is 0 Å². The van der Waals surface area contributed by atoms with Crippen LogP contribution in [0.15, 0.2) is 256 Å². The van der Waals surface area contributed by atoms with Crippen LogP contribution in [0.25, 0.3) is 110 Å². The van der Waals surface area contributed by atoms with Gasteiger partial charge < -0.3 is 23.1 Å². The molecule has 378 valence electrons. The molecule has 0 radical (unpaired) electrons. The highest BCUT2D eigenvalue weighted by Crippen LogP contribution is 2.52. The van der Waals surface area contributed by atoms with Gasteiger partial charge >= 0.3 is 0 Å². The molecule has 3 heterocycles. The fourth-order valence-electron chi connectivity index (χ4n) is 12.3. The molecule has 0 unspecified atom stereocenters. The van der Waals surface area contributed by atoms with Crippen molar-refractivity contribution >= 4 is 121 Å². The van der Waals surface area contributed by atoms with Crippen molar-refractivity contribution in [3.8, 4) is 22.3 Å². The Balaban J connectivity index is 0.986. The normalized spacial score (nSPS) is 12.0. The highest BCUT2D eigenvalue weighted by Gasteiger charge is 2.28. The van der Waals surface area contributed by atoms with Crippen molar-refractivity contribution in [1.82, 2.24) is 0 Å². The number of fused-ring (bicyclic) bond motifs is 13. The summed E-state index contributed by atoms with van der Waals surface area (Å²) in [7, 11) is 0. The first-order valence-electron chi connectivity index (χ1n) is 27.5. The number of furan rings is 3. The van der Waals surface area contributed by atoms with Gasteiger partial charge in [0.2, 0.25) is 0 Å². The average Bonchev–Trinajstić information content (AvgIpc) is 3.96. The Bertz CT molecular complexity index is 4530. The molecule has 12 aromatic carbocycles. The Kier molecular flexibility index (Phi) is 10.8. The van der Waals surface area contributed by atoms with E-state index in [0.717, 1.165) is 144 Å². The van der Waals surface area contributed by atoms with Gasteiger partial charge in [-0.2, -0.15) is 0 Å². The van der Waals surface area contributed by atoms with E-state index in [-0.39, 0.29) is 0 Å². The van der Waals surface area contributed by atoms with E-state index in [1.807, 2.05) is 0 Å². The second kappa shape index (κ2) is 18.4. The Morgan fingerprint density at radius 2 is 0.620 bits per heavy atom. The molecule has 0 aliphatic carbocycles. The first-order valence-corrected chi connectivity index (χ1v) is 27.5. The molecule has 5 heteroatoms. The zero-order valence-corrected chi connectivity index (χ0v) is 44.4. The first kappa shape index (κ1) is 46.5. The van der Waals surface area contributed by atoms with E-state index >= 15 is 0 Å². The number of rotatable bonds is 10. The molecule has 0 aliphatic rings. The first-order chi connectivity index (χ1) is 38.9. The van der Waals surface area contributed by atoms with Crippen LogP contribution in [0.1, 0.15) is 50.7 Å². The van der Waals surface area contributed by atoms with Crippen molar-refractivity contribution in [2.45, 2.75) is 39.5 Å². The SMILES string of the molecule is CC(C)c1ccc(N(c2cc3oc4cc(N(c5ccc(C(C)C)cc5)c5cccc6c5oc5c(-c7ccccc7)cccc56)c5ccccc5c4c3c3ccccc23)c2cccc3c2oc2c(-c4ccccc4)cccc23)cc1. The van der Waals surface area contributed by atoms with E-state index in [2.05, 4.69) is 280 Å². The third-order valence-corrected chi connectivity index (χ3v) is 16.2. The zero-order valence-electron chi connectivity index (χ0n) is 44.4. The van der Waals surface area contributed by atoms with Gasteiger partial charge in [-0.1, -0.05) is 222 Å². The van der Waals surface area contributed by atoms with E-state index in [9.17, 15) is 0 Å². The van der Waals surface area contributed by atoms with Gasteiger partial charge in [-0.25, -0.2) is 0 Å². The molecule has 0 fully saturated rings. The van der Waals surface area contributed by atoms with Crippen molar-refractivity contribution in [3.05, 3.63) is 254 Å². The van der Waals surface area contributed by atoms with Gasteiger partial charge in [0.25, 0.3) is 0 Å². The smallest absolute Gasteiger partial charge is 0.159 e. The maximum absolute atomic E-state index is 7.40. The summed E-state index contributed by atoms with van der Waals surface area (Å²) < 4.78 is 21.7. The molecule has 15 rings (SSSR count). The van der Waals surface area contributed by atoms with Crippen molar-refractivity contribution in [1.29, 1.82) is 0 Å². The van der Waals surface area contributed by atoms with Crippen LogP contribution in [0.2, 0.25) is 0 Å². The topological polar surface area (TPSA) is 45.9 Å². The minimum absolute atomic E-state index is 0.375. The Labute approximate surface area is 457 Å². The van der Waals surface area contributed by atoms with Gasteiger partial charge in [-0.15, -0.1) is 0 Å². The summed E-state index contributed by atoms with van der Waals surface area (Å²) in [4.78, 5) is 4.74. The van der Waals surface area contributed by atoms with Crippen LogP contribution in [-0.4, -0.2) is 0 Å². The predicted octanol–water partition coefficient (Wildman–Crippen LogP) is 22.2. The van der Waals surface area contributed by atoms with Crippen LogP contribution in [0, 0.1) is 0 Å². The highest BCUT2D eigenvalue weighted by molar-refractivity contribution is 6.31. The lowest BCUT2D eigenvalue weighted by molar-refractivity contribution is 0.668. The molecule has 0 saturated carbocycles. The fraction of sp³-hybridized carbons (Fsp3) is 0.0811. The summed E-state index contributed by atoms with van der Waals surface area (Å²) in [5.74, 6) is 0.749. The van der Waals surface area contributed by atoms with Crippen molar-refractivity contribution in [2.75, 3.05) is 9.80 Å². The van der Waals surface area contributed by atoms with Crippen LogP contribution in [-0.2, 0) is 0 Å². The summed E-state index contributed by atoms with van der Waals surface area (Å²) in [6.07, 6.45) is 0. The third kappa shape index (κ3) is 7.45. The molecule has 0 saturated heterocycles. The highest BCUT2D eigenvalue weighted by atomic mass is 16.3. The third-order valence-electron chi connectivity index (χ3n) is 16.2. The number of hydrogen-bond acceptors (Lipinski definition) is 5. The fourth-order valence-corrected chi connectivity index (χ4v) is 12.3. The summed E-state index contributed by atoms with van der Waals surface area (Å²) in [5.41, 5.74) is 17.7. The molecule has 15 aromatic rings. The molecule has 0 amide bonds. The number of nitrogens with zero attached hydrogens (tertiary/aromatic N) is 2. The van der Waals surface area contributed by atoms with Gasteiger partial charge in [0.15, 0.2) is 11.2 Å². The lowest BCUT2D eigenvalue weighted by atomic mass is 9.96. The second-order valence-electron chi connectivity index (χ2n) is 21.5. The van der Waals surface area contributed by atoms with E-state index in [0.29, 0.717) is 11.8 Å². The zero-order chi connectivity index (χ0) is 52.9. The maximum atomic E-state index is 7.40. The molecule has 5 nitrogen and oxygen atoms in total. The van der Waals surface area contributed by atoms with Crippen LogP contribution < -0.4 is 9.80 Å². The lowest BCUT2D eigenvalue weighted by Crippen LogP contribution is -2.11. The van der Waals surface area contributed by atoms with Gasteiger partial charge in [0, 0.05) is 77.7 Å². The standard InChI is InChI=1S/C74H54N2O3/c1-45(2)47-35-39-51(40-36-47)75(63-33-17-31-61-59-29-15-27-53(71(59)78-73(61)63)49-19-7-5-8-20-49)65-43-67-69(57-25-13-11-23-55(57)65)70-58-26-14-12-24-56(58)66(44-68(70)77-67)76(52-41-37-48(38-42-52)46(3)4)64-34-18-32-62-60-30-16-28-54(72(60)79-74(62)64)50-21-9-6-10-22-50/h5-46H,1-4H3. The quantitative estimate of drug-likeness (QED) is 0.137. The number of para-hydroxylation sites is 4. The average molecular weight is 1020 g/mol. The van der Waals surface area contributed by atoms with E-state index in [1.54, 1.807) is 0 Å². The van der Waals surface area contributed by atoms with Crippen molar-refractivity contribution in [2.24, 2.45) is 0 Å². The Morgan fingerprint density at radius 1 is 0.278 bits per heavy atom. The van der Waals surface area contributed by atoms with Crippen LogP contribution in [0.3, 0.4) is 0 Å². The number of hydrogen-bond donors (Lipinski definition) is 0. The van der Waals surface area contributed by atoms with E-state index < -0.39 is 0 Å². The minimum Gasteiger partial charge on any atom is -0.456 e. The molecular formula is C74H54N2O3. The Morgan fingerprint density at radius 3 is 1.01 bits per heavy atom. The summed E-state index contributed by atoms with van der Waals surface area (Å²) in [6.45, 7) is 8.97. The predicted molar refractivity (Wildman–Crippen MR) is 332 cm³/mol. The molecule has 0 N–H and O–H groups in total. The molecule has 79 heavy (non-hydrogen) atoms. The van der Waals surface area contributed by atoms with Gasteiger partial charge in [0.1, 0.15) is 22.3 Å². The number of benzene rings is 12. The summed E-state index contributed by atoms with van der Waals surface area (Å²) in [6, 6.07) is 87.1. The minimum atomic E-state index is 0.375. The molecule has 0 spiro atoms. The molecule has 3 aromatic heterocycles. The van der Waals surface area contributed by atoms with Crippen LogP contribution in [0.5, 0.6) is 0 Å². The Hall–Kier alpha value is -9.84. The number of anilines is 6. The molecular weight excluding hydrogens is 965 g/mol.